The van der Waals surface area contributed by atoms with Crippen LogP contribution in [0.15, 0.2) is 12.2 Å². The number of hydrogen-bond acceptors (Lipinski definition) is 1. The molecule has 0 spiro atoms. The topological polar surface area (TPSA) is 118 Å². The summed E-state index contributed by atoms with van der Waals surface area (Å²) in [7, 11) is 0. The van der Waals surface area contributed by atoms with E-state index in [1.807, 2.05) is 0 Å². The number of rotatable bonds is 2. The Labute approximate surface area is 98.1 Å². The van der Waals surface area contributed by atoms with Gasteiger partial charge in [-0.1, -0.05) is 6.58 Å². The van der Waals surface area contributed by atoms with Gasteiger partial charge in [0.25, 0.3) is 0 Å². The number of quaternary nitrogens is 3. The van der Waals surface area contributed by atoms with Gasteiger partial charge in [-0.25, -0.2) is 0 Å². The van der Waals surface area contributed by atoms with Gasteiger partial charge in [0.2, 0.25) is 5.78 Å². The second-order valence-corrected chi connectivity index (χ2v) is 2.05. The maximum absolute atomic E-state index is 10.7. The summed E-state index contributed by atoms with van der Waals surface area (Å²) in [5.41, 5.74) is 4.14. The predicted octanol–water partition coefficient (Wildman–Crippen LogP) is -8.47. The van der Waals surface area contributed by atoms with E-state index in [1.165, 1.54) is 0 Å². The van der Waals surface area contributed by atoms with E-state index in [0.717, 1.165) is 0 Å². The minimum atomic E-state index is -0.146. The van der Waals surface area contributed by atoms with Gasteiger partial charge in [-0.05, 0) is 19.4 Å². The van der Waals surface area contributed by atoms with Gasteiger partial charge in [-0.3, -0.25) is 4.79 Å². The van der Waals surface area contributed by atoms with Gasteiger partial charge in [0.15, 0.2) is 0 Å². The summed E-state index contributed by atoms with van der Waals surface area (Å²) in [5.74, 6) is 0.0463. The highest BCUT2D eigenvalue weighted by atomic mass is 35.5. The summed E-state index contributed by atoms with van der Waals surface area (Å²) >= 11 is 0. The first-order chi connectivity index (χ1) is 3.55. The molecule has 0 aromatic heterocycles. The molecule has 86 valence electrons. The number of hydrogen-bond donors (Lipinski definition) is 3. The zero-order chi connectivity index (χ0) is 6.73. The molecule has 0 radical (unpaired) electrons. The van der Waals surface area contributed by atoms with E-state index < -0.39 is 0 Å². The van der Waals surface area contributed by atoms with Crippen molar-refractivity contribution in [2.45, 2.75) is 19.9 Å². The molecular formula is C6H20Cl3N3O. The third kappa shape index (κ3) is 18.9. The fraction of sp³-hybridized carbons (Fsp3) is 0.500. The molecule has 4 nitrogen and oxygen atoms in total. The van der Waals surface area contributed by atoms with E-state index in [0.29, 0.717) is 5.57 Å². The van der Waals surface area contributed by atoms with Gasteiger partial charge in [-0.15, -0.1) is 0 Å². The Bertz CT molecular complexity index is 130. The number of ketones is 1. The van der Waals surface area contributed by atoms with Gasteiger partial charge in [0, 0.05) is 0 Å². The van der Waals surface area contributed by atoms with E-state index in [1.54, 1.807) is 13.8 Å². The Morgan fingerprint density at radius 1 is 1.23 bits per heavy atom. The smallest absolute Gasteiger partial charge is 0.214 e. The van der Waals surface area contributed by atoms with Crippen LogP contribution in [-0.4, -0.2) is 11.8 Å². The number of Topliss-reactive ketones (excluding diaryl/α,β-unsaturated/α-hetero) is 1. The Morgan fingerprint density at radius 2 is 1.46 bits per heavy atom. The van der Waals surface area contributed by atoms with Crippen LogP contribution in [0.1, 0.15) is 13.8 Å². The molecule has 0 aliphatic carbocycles. The SMILES string of the molecule is C=C(C)C(=O)C(C)[NH3+].[Cl-].[Cl-].[Cl-].[NH4+].[NH4+]. The van der Waals surface area contributed by atoms with Crippen molar-refractivity contribution in [3.8, 4) is 0 Å². The van der Waals surface area contributed by atoms with Crippen LogP contribution >= 0.6 is 0 Å². The maximum atomic E-state index is 10.7. The lowest BCUT2D eigenvalue weighted by molar-refractivity contribution is -0.396. The predicted molar refractivity (Wildman–Crippen MR) is 44.1 cm³/mol. The molecule has 0 aromatic rings. The monoisotopic (exact) mass is 255 g/mol. The van der Waals surface area contributed by atoms with Crippen LogP contribution in [0.5, 0.6) is 0 Å². The molecule has 0 heterocycles. The van der Waals surface area contributed by atoms with E-state index in [9.17, 15) is 4.79 Å². The average Bonchev–Trinajstić information content (AvgIpc) is 1.64. The molecule has 1 atom stereocenters. The van der Waals surface area contributed by atoms with Crippen LogP contribution in [0.4, 0.5) is 0 Å². The standard InChI is InChI=1S/C6H11NO.3ClH.2H3N/c1-4(2)6(8)5(3)7;;;;;/h5H,1,7H2,2-3H3;3*1H;2*1H3. The first-order valence-electron chi connectivity index (χ1n) is 2.58. The fourth-order valence-corrected chi connectivity index (χ4v) is 0.421. The molecule has 0 saturated heterocycles. The highest BCUT2D eigenvalue weighted by Crippen LogP contribution is 1.90. The molecule has 1 unspecified atom stereocenters. The fourth-order valence-electron chi connectivity index (χ4n) is 0.421. The molecule has 0 bridgehead atoms. The number of carbonyl (C=O) groups is 1. The summed E-state index contributed by atoms with van der Waals surface area (Å²) < 4.78 is 0. The van der Waals surface area contributed by atoms with Crippen molar-refractivity contribution >= 4 is 5.78 Å². The molecule has 13 heavy (non-hydrogen) atoms. The van der Waals surface area contributed by atoms with Crippen LogP contribution in [0.25, 0.3) is 0 Å². The van der Waals surface area contributed by atoms with Crippen LogP contribution in [0.2, 0.25) is 0 Å². The third-order valence-electron chi connectivity index (χ3n) is 0.868. The van der Waals surface area contributed by atoms with Crippen molar-refractivity contribution in [3.63, 3.8) is 0 Å². The van der Waals surface area contributed by atoms with Gasteiger partial charge < -0.3 is 55.3 Å². The zero-order valence-corrected chi connectivity index (χ0v) is 10.8. The second kappa shape index (κ2) is 18.0. The lowest BCUT2D eigenvalue weighted by Gasteiger charge is -1.96. The van der Waals surface area contributed by atoms with Crippen LogP contribution in [-0.2, 0) is 4.79 Å². The Balaban J connectivity index is -0.0000000245. The van der Waals surface area contributed by atoms with Crippen LogP contribution in [0.3, 0.4) is 0 Å². The molecule has 0 aliphatic heterocycles. The summed E-state index contributed by atoms with van der Waals surface area (Å²) in [4.78, 5) is 10.7. The van der Waals surface area contributed by atoms with Crippen LogP contribution in [0, 0.1) is 0 Å². The molecule has 0 amide bonds. The molecular weight excluding hydrogens is 236 g/mol. The van der Waals surface area contributed by atoms with Crippen molar-refractivity contribution in [1.29, 1.82) is 0 Å². The van der Waals surface area contributed by atoms with Crippen molar-refractivity contribution in [2.24, 2.45) is 0 Å². The van der Waals surface area contributed by atoms with Crippen molar-refractivity contribution in [2.75, 3.05) is 0 Å². The Hall–Kier alpha value is 0.160. The van der Waals surface area contributed by atoms with Gasteiger partial charge in [-0.2, -0.15) is 0 Å². The number of halogens is 3. The molecule has 0 aliphatic rings. The van der Waals surface area contributed by atoms with Gasteiger partial charge in [0.05, 0.1) is 0 Å². The third-order valence-corrected chi connectivity index (χ3v) is 0.868. The lowest BCUT2D eigenvalue weighted by Crippen LogP contribution is -3.00. The molecule has 11 N–H and O–H groups in total. The average molecular weight is 257 g/mol. The maximum Gasteiger partial charge on any atom is 0.214 e. The Morgan fingerprint density at radius 3 is 1.46 bits per heavy atom. The molecule has 0 rings (SSSR count). The first-order valence-corrected chi connectivity index (χ1v) is 2.58. The van der Waals surface area contributed by atoms with Crippen molar-refractivity contribution < 1.29 is 47.7 Å². The highest BCUT2D eigenvalue weighted by molar-refractivity contribution is 5.96. The zero-order valence-electron chi connectivity index (χ0n) is 8.53. The van der Waals surface area contributed by atoms with Gasteiger partial charge >= 0.3 is 0 Å². The minimum Gasteiger partial charge on any atom is -1.00 e. The van der Waals surface area contributed by atoms with Crippen LogP contribution < -0.4 is 55.3 Å². The summed E-state index contributed by atoms with van der Waals surface area (Å²) in [6.07, 6.45) is 0. The summed E-state index contributed by atoms with van der Waals surface area (Å²) in [5, 5.41) is 0. The summed E-state index contributed by atoms with van der Waals surface area (Å²) in [6.45, 7) is 6.95. The highest BCUT2D eigenvalue weighted by Gasteiger charge is 2.09. The molecule has 0 aromatic carbocycles. The molecule has 0 saturated carbocycles. The van der Waals surface area contributed by atoms with E-state index in [-0.39, 0.29) is 61.3 Å². The minimum absolute atomic E-state index is 0. The largest absolute Gasteiger partial charge is 1.00 e. The van der Waals surface area contributed by atoms with E-state index in [4.69, 9.17) is 0 Å². The quantitative estimate of drug-likeness (QED) is 0.418. The van der Waals surface area contributed by atoms with Gasteiger partial charge in [0.1, 0.15) is 6.04 Å². The molecule has 7 heteroatoms. The molecule has 0 fully saturated rings. The summed E-state index contributed by atoms with van der Waals surface area (Å²) in [6, 6.07) is -0.146. The van der Waals surface area contributed by atoms with E-state index >= 15 is 0 Å². The first kappa shape index (κ1) is 38.0. The normalized spacial score (nSPS) is 7.92. The lowest BCUT2D eigenvalue weighted by atomic mass is 10.1. The Kier molecular flexibility index (Phi) is 52.7. The van der Waals surface area contributed by atoms with Crippen molar-refractivity contribution in [3.05, 3.63) is 12.2 Å². The van der Waals surface area contributed by atoms with E-state index in [2.05, 4.69) is 12.3 Å². The number of carbonyl (C=O) groups excluding carboxylic acids is 1. The van der Waals surface area contributed by atoms with Crippen molar-refractivity contribution in [1.82, 2.24) is 12.3 Å². The second-order valence-electron chi connectivity index (χ2n) is 2.05.